The molecule has 1 amide bonds. The van der Waals surface area contributed by atoms with Gasteiger partial charge in [-0.15, -0.1) is 0 Å². The Hall–Kier alpha value is -3.08. The quantitative estimate of drug-likeness (QED) is 0.438. The first-order valence-electron chi connectivity index (χ1n) is 8.10. The average Bonchev–Trinajstić information content (AvgIpc) is 2.93. The molecule has 1 aromatic carbocycles. The molecule has 0 aliphatic carbocycles. The number of anilines is 2. The van der Waals surface area contributed by atoms with Crippen LogP contribution in [0.1, 0.15) is 12.7 Å². The van der Waals surface area contributed by atoms with E-state index in [1.54, 1.807) is 6.07 Å². The number of nitrogen functional groups attached to an aromatic ring is 1. The summed E-state index contributed by atoms with van der Waals surface area (Å²) in [4.78, 5) is 29.5. The molecule has 2 heterocycles. The van der Waals surface area contributed by atoms with Gasteiger partial charge >= 0.3 is 0 Å². The fourth-order valence-corrected chi connectivity index (χ4v) is 3.16. The van der Waals surface area contributed by atoms with Gasteiger partial charge in [0, 0.05) is 12.5 Å². The van der Waals surface area contributed by atoms with Gasteiger partial charge in [-0.25, -0.2) is 23.5 Å². The van der Waals surface area contributed by atoms with Crippen molar-refractivity contribution >= 4 is 51.5 Å². The first-order chi connectivity index (χ1) is 13.4. The summed E-state index contributed by atoms with van der Waals surface area (Å²) in [6.07, 6.45) is 2.12. The summed E-state index contributed by atoms with van der Waals surface area (Å²) in [6.45, 7) is 2.31. The highest BCUT2D eigenvalue weighted by atomic mass is 79.9. The number of benzene rings is 1. The van der Waals surface area contributed by atoms with E-state index in [1.165, 1.54) is 23.2 Å². The lowest BCUT2D eigenvalue weighted by atomic mass is 10.3. The normalized spacial score (nSPS) is 10.3. The van der Waals surface area contributed by atoms with Gasteiger partial charge in [0.05, 0.1) is 19.8 Å². The predicted octanol–water partition coefficient (Wildman–Crippen LogP) is 0.289. The van der Waals surface area contributed by atoms with Gasteiger partial charge in [-0.3, -0.25) is 9.69 Å². The maximum atomic E-state index is 13.7. The summed E-state index contributed by atoms with van der Waals surface area (Å²) < 4.78 is 18.0. The Bertz CT molecular complexity index is 1010. The third kappa shape index (κ3) is 4.25. The number of aryl methyl sites for hydroxylation is 2. The van der Waals surface area contributed by atoms with Gasteiger partial charge in [0.1, 0.15) is 17.0 Å². The molecule has 0 saturated carbocycles. The van der Waals surface area contributed by atoms with Crippen LogP contribution in [-0.2, 0) is 29.7 Å². The molecule has 0 spiro atoms. The number of nitrogens with zero attached hydrogens (tertiary/aromatic N) is 5. The number of carboxylic acid groups (broad SMARTS) is 1. The molecule has 0 aliphatic heterocycles. The van der Waals surface area contributed by atoms with Crippen LogP contribution in [0.4, 0.5) is 16.0 Å². The number of carbonyl (C=O) groups is 2. The lowest BCUT2D eigenvalue weighted by molar-refractivity contribution is -0.653. The molecule has 3 rings (SSSR count). The topological polar surface area (TPSA) is 121 Å². The number of nitrogens with two attached hydrogens (primary N) is 1. The number of imidazole rings is 1. The summed E-state index contributed by atoms with van der Waals surface area (Å²) >= 11 is 3.23. The molecule has 148 valence electrons. The van der Waals surface area contributed by atoms with E-state index in [0.29, 0.717) is 17.6 Å². The number of halogens is 2. The minimum atomic E-state index is -0.500. The number of hydrogen-bond acceptors (Lipinski definition) is 6. The fraction of sp³-hybridized carbons (Fsp3) is 0.235. The zero-order valence-corrected chi connectivity index (χ0v) is 16.8. The van der Waals surface area contributed by atoms with Crippen molar-refractivity contribution in [3.63, 3.8) is 0 Å². The van der Waals surface area contributed by atoms with Gasteiger partial charge in [0.2, 0.25) is 6.41 Å². The number of hydrogen-bond donors (Lipinski definition) is 1. The molecule has 0 atom stereocenters. The molecule has 28 heavy (non-hydrogen) atoms. The van der Waals surface area contributed by atoms with E-state index in [0.717, 1.165) is 16.9 Å². The van der Waals surface area contributed by atoms with Crippen molar-refractivity contribution < 1.29 is 23.7 Å². The van der Waals surface area contributed by atoms with Crippen molar-refractivity contribution in [2.75, 3.05) is 10.6 Å². The average molecular weight is 453 g/mol. The highest BCUT2D eigenvalue weighted by Crippen LogP contribution is 2.22. The number of amides is 1. The van der Waals surface area contributed by atoms with Gasteiger partial charge in [-0.2, -0.15) is 0 Å². The Morgan fingerprint density at radius 3 is 2.71 bits per heavy atom. The Labute approximate surface area is 168 Å². The third-order valence-electron chi connectivity index (χ3n) is 4.07. The highest BCUT2D eigenvalue weighted by Gasteiger charge is 2.26. The van der Waals surface area contributed by atoms with Crippen LogP contribution in [-0.4, -0.2) is 27.4 Å². The smallest absolute Gasteiger partial charge is 0.277 e. The minimum Gasteiger partial charge on any atom is -0.554 e. The number of carbonyl (C=O) groups excluding carboxylic acids is 2. The lowest BCUT2D eigenvalue weighted by Crippen LogP contribution is -2.38. The van der Waals surface area contributed by atoms with Crippen LogP contribution in [0.5, 0.6) is 0 Å². The third-order valence-corrected chi connectivity index (χ3v) is 4.45. The van der Waals surface area contributed by atoms with E-state index >= 15 is 0 Å². The lowest BCUT2D eigenvalue weighted by Gasteiger charge is -2.16. The second-order valence-corrected chi connectivity index (χ2v) is 6.40. The van der Waals surface area contributed by atoms with Crippen LogP contribution in [0.2, 0.25) is 0 Å². The van der Waals surface area contributed by atoms with Gasteiger partial charge < -0.3 is 15.6 Å². The summed E-state index contributed by atoms with van der Waals surface area (Å²) in [5.74, 6) is 0.934. The monoisotopic (exact) mass is 452 g/mol. The molecular formula is C17H18BrFN6O3. The van der Waals surface area contributed by atoms with Gasteiger partial charge in [-0.05, 0) is 35.0 Å². The van der Waals surface area contributed by atoms with E-state index in [9.17, 15) is 9.18 Å². The molecule has 0 fully saturated rings. The molecule has 0 radical (unpaired) electrons. The van der Waals surface area contributed by atoms with Crippen LogP contribution >= 0.6 is 15.9 Å². The van der Waals surface area contributed by atoms with Crippen LogP contribution in [0.25, 0.3) is 11.0 Å². The van der Waals surface area contributed by atoms with E-state index in [2.05, 4.69) is 25.9 Å². The van der Waals surface area contributed by atoms with Crippen molar-refractivity contribution in [2.45, 2.75) is 20.0 Å². The Balaban J connectivity index is 0.000000878. The Kier molecular flexibility index (Phi) is 6.99. The van der Waals surface area contributed by atoms with Crippen LogP contribution in [0.15, 0.2) is 29.0 Å². The van der Waals surface area contributed by atoms with Crippen molar-refractivity contribution in [3.8, 4) is 0 Å². The maximum absolute atomic E-state index is 13.7. The van der Waals surface area contributed by atoms with Gasteiger partial charge in [0.15, 0.2) is 22.7 Å². The van der Waals surface area contributed by atoms with Gasteiger partial charge in [-0.1, -0.05) is 0 Å². The van der Waals surface area contributed by atoms with Crippen molar-refractivity contribution in [3.05, 3.63) is 40.6 Å². The number of aromatic nitrogens is 4. The van der Waals surface area contributed by atoms with E-state index in [4.69, 9.17) is 15.6 Å². The molecule has 9 nitrogen and oxygen atoms in total. The van der Waals surface area contributed by atoms with Crippen LogP contribution in [0.3, 0.4) is 0 Å². The maximum Gasteiger partial charge on any atom is 0.277 e. The number of rotatable bonds is 5. The summed E-state index contributed by atoms with van der Waals surface area (Å²) in [7, 11) is 1.88. The zero-order chi connectivity index (χ0) is 20.8. The second kappa shape index (κ2) is 9.22. The SMILES string of the molecule is CCn1c(CN(C=O)c2nc(Br)cnc2N)[n+](C)c2ccc(F)cc21.O=C[O-]. The first-order valence-corrected chi connectivity index (χ1v) is 8.89. The van der Waals surface area contributed by atoms with Crippen LogP contribution < -0.4 is 20.3 Å². The molecule has 2 aromatic heterocycles. The molecule has 0 bridgehead atoms. The van der Waals surface area contributed by atoms with Gasteiger partial charge in [0.25, 0.3) is 5.82 Å². The van der Waals surface area contributed by atoms with Crippen molar-refractivity contribution in [1.29, 1.82) is 0 Å². The predicted molar refractivity (Wildman–Crippen MR) is 101 cm³/mol. The summed E-state index contributed by atoms with van der Waals surface area (Å²) in [5.41, 5.74) is 7.50. The summed E-state index contributed by atoms with van der Waals surface area (Å²) in [6, 6.07) is 4.63. The van der Waals surface area contributed by atoms with Crippen LogP contribution in [0, 0.1) is 5.82 Å². The molecule has 0 aliphatic rings. The minimum absolute atomic E-state index is 0.156. The standard InChI is InChI=1S/C16H17BrFN6O.CH2O2/c1-3-24-12-6-10(18)4-5-11(12)22(2)14(24)8-23(9-25)16-15(19)20-7-13(17)21-16;2-1-3/h4-7,9H,3,8H2,1-2H3,(H2,19,20);1H,(H,2,3)/q+1;/p-1. The van der Waals surface area contributed by atoms with Crippen molar-refractivity contribution in [2.24, 2.45) is 7.05 Å². The molecule has 3 aromatic rings. The second-order valence-electron chi connectivity index (χ2n) is 5.58. The molecule has 2 N–H and O–H groups in total. The Morgan fingerprint density at radius 2 is 2.11 bits per heavy atom. The Morgan fingerprint density at radius 1 is 1.43 bits per heavy atom. The molecule has 0 unspecified atom stereocenters. The molecular weight excluding hydrogens is 435 g/mol. The zero-order valence-electron chi connectivity index (χ0n) is 15.2. The first kappa shape index (κ1) is 21.2. The molecule has 0 saturated heterocycles. The van der Waals surface area contributed by atoms with E-state index in [-0.39, 0.29) is 24.0 Å². The van der Waals surface area contributed by atoms with E-state index < -0.39 is 6.47 Å². The summed E-state index contributed by atoms with van der Waals surface area (Å²) in [5, 5.41) is 8.25. The van der Waals surface area contributed by atoms with Crippen molar-refractivity contribution in [1.82, 2.24) is 14.5 Å². The van der Waals surface area contributed by atoms with E-state index in [1.807, 2.05) is 23.1 Å². The highest BCUT2D eigenvalue weighted by molar-refractivity contribution is 9.10. The fourth-order valence-electron chi connectivity index (χ4n) is 2.89. The molecule has 11 heteroatoms. The largest absolute Gasteiger partial charge is 0.554 e. The number of fused-ring (bicyclic) bond motifs is 1.